The molecule has 1 heterocycles. The van der Waals surface area contributed by atoms with Gasteiger partial charge >= 0.3 is 0 Å². The van der Waals surface area contributed by atoms with Gasteiger partial charge in [0, 0.05) is 18.5 Å². The van der Waals surface area contributed by atoms with Crippen LogP contribution in [0.5, 0.6) is 11.5 Å². The molecule has 0 saturated heterocycles. The van der Waals surface area contributed by atoms with Crippen LogP contribution in [-0.2, 0) is 13.0 Å². The van der Waals surface area contributed by atoms with Crippen molar-refractivity contribution < 1.29 is 9.47 Å². The second kappa shape index (κ2) is 5.57. The molecule has 0 amide bonds. The molecule has 0 radical (unpaired) electrons. The third-order valence-corrected chi connectivity index (χ3v) is 5.43. The highest BCUT2D eigenvalue weighted by Gasteiger charge is 2.36. The van der Waals surface area contributed by atoms with Gasteiger partial charge in [-0.2, -0.15) is 0 Å². The first-order valence-corrected chi connectivity index (χ1v) is 8.29. The molecule has 2 aliphatic rings. The van der Waals surface area contributed by atoms with Crippen LogP contribution in [0.1, 0.15) is 40.2 Å². The molecule has 2 aromatic rings. The molecule has 3 nitrogen and oxygen atoms in total. The van der Waals surface area contributed by atoms with E-state index in [0.29, 0.717) is 12.0 Å². The van der Waals surface area contributed by atoms with Gasteiger partial charge in [-0.1, -0.05) is 18.2 Å². The van der Waals surface area contributed by atoms with Crippen molar-refractivity contribution >= 4 is 0 Å². The number of benzene rings is 2. The van der Waals surface area contributed by atoms with Gasteiger partial charge in [-0.05, 0) is 59.7 Å². The number of aryl methyl sites for hydroxylation is 2. The fourth-order valence-corrected chi connectivity index (χ4v) is 4.23. The molecule has 0 unspecified atom stereocenters. The van der Waals surface area contributed by atoms with Gasteiger partial charge in [-0.25, -0.2) is 0 Å². The van der Waals surface area contributed by atoms with Gasteiger partial charge < -0.3 is 14.8 Å². The highest BCUT2D eigenvalue weighted by atomic mass is 16.5. The Kier molecular flexibility index (Phi) is 3.53. The minimum atomic E-state index is 0.405. The third-order valence-electron chi connectivity index (χ3n) is 5.43. The highest BCUT2D eigenvalue weighted by molar-refractivity contribution is 5.55. The molecule has 2 atom stereocenters. The minimum absolute atomic E-state index is 0.405. The molecular weight excluding hydrogens is 286 g/mol. The van der Waals surface area contributed by atoms with E-state index >= 15 is 0 Å². The fourth-order valence-electron chi connectivity index (χ4n) is 4.23. The predicted octanol–water partition coefficient (Wildman–Crippen LogP) is 3.56. The maximum atomic E-state index is 5.55. The zero-order valence-electron chi connectivity index (χ0n) is 14.0. The average molecular weight is 309 g/mol. The van der Waals surface area contributed by atoms with Crippen LogP contribution >= 0.6 is 0 Å². The van der Waals surface area contributed by atoms with Gasteiger partial charge in [-0.15, -0.1) is 0 Å². The van der Waals surface area contributed by atoms with Gasteiger partial charge in [0.2, 0.25) is 0 Å². The van der Waals surface area contributed by atoms with Crippen molar-refractivity contribution in [1.29, 1.82) is 0 Å². The van der Waals surface area contributed by atoms with Crippen molar-refractivity contribution in [3.63, 3.8) is 0 Å². The normalized spacial score (nSPS) is 21.9. The van der Waals surface area contributed by atoms with E-state index in [9.17, 15) is 0 Å². The van der Waals surface area contributed by atoms with Crippen molar-refractivity contribution in [2.24, 2.45) is 0 Å². The summed E-state index contributed by atoms with van der Waals surface area (Å²) in [7, 11) is 3.42. The van der Waals surface area contributed by atoms with Crippen LogP contribution in [0.15, 0.2) is 30.3 Å². The fraction of sp³-hybridized carbons (Fsp3) is 0.400. The Labute approximate surface area is 137 Å². The molecule has 0 bridgehead atoms. The van der Waals surface area contributed by atoms with Crippen LogP contribution in [-0.4, -0.2) is 20.3 Å². The summed E-state index contributed by atoms with van der Waals surface area (Å²) in [5, 5.41) is 3.75. The zero-order valence-corrected chi connectivity index (χ0v) is 14.0. The Morgan fingerprint density at radius 1 is 1.04 bits per heavy atom. The monoisotopic (exact) mass is 309 g/mol. The lowest BCUT2D eigenvalue weighted by Gasteiger charge is -2.40. The van der Waals surface area contributed by atoms with Crippen molar-refractivity contribution in [2.75, 3.05) is 14.2 Å². The zero-order chi connectivity index (χ0) is 16.0. The molecule has 0 spiro atoms. The van der Waals surface area contributed by atoms with E-state index in [1.807, 2.05) is 0 Å². The molecule has 1 aliphatic carbocycles. The molecule has 120 valence electrons. The molecule has 23 heavy (non-hydrogen) atoms. The van der Waals surface area contributed by atoms with Crippen LogP contribution in [0.4, 0.5) is 0 Å². The molecule has 0 saturated carbocycles. The van der Waals surface area contributed by atoms with E-state index in [4.69, 9.17) is 9.47 Å². The van der Waals surface area contributed by atoms with Crippen molar-refractivity contribution in [2.45, 2.75) is 38.3 Å². The van der Waals surface area contributed by atoms with Crippen molar-refractivity contribution in [3.8, 4) is 11.5 Å². The first-order valence-electron chi connectivity index (χ1n) is 8.29. The number of hydrogen-bond acceptors (Lipinski definition) is 3. The van der Waals surface area contributed by atoms with Crippen molar-refractivity contribution in [3.05, 3.63) is 58.1 Å². The summed E-state index contributed by atoms with van der Waals surface area (Å²) < 4.78 is 11.0. The van der Waals surface area contributed by atoms with Gasteiger partial charge in [0.1, 0.15) is 0 Å². The minimum Gasteiger partial charge on any atom is -0.493 e. The first kappa shape index (κ1) is 14.6. The largest absolute Gasteiger partial charge is 0.493 e. The molecular formula is C20H23NO2. The lowest BCUT2D eigenvalue weighted by Crippen LogP contribution is -2.42. The van der Waals surface area contributed by atoms with E-state index < -0.39 is 0 Å². The van der Waals surface area contributed by atoms with E-state index in [2.05, 4.69) is 42.6 Å². The Bertz CT molecular complexity index is 754. The quantitative estimate of drug-likeness (QED) is 0.920. The molecule has 0 fully saturated rings. The topological polar surface area (TPSA) is 30.5 Å². The highest BCUT2D eigenvalue weighted by Crippen LogP contribution is 2.45. The number of nitrogens with one attached hydrogen (secondary N) is 1. The predicted molar refractivity (Wildman–Crippen MR) is 91.5 cm³/mol. The third kappa shape index (κ3) is 2.22. The molecule has 2 aromatic carbocycles. The van der Waals surface area contributed by atoms with E-state index in [0.717, 1.165) is 24.5 Å². The first-order chi connectivity index (χ1) is 11.2. The molecule has 1 aliphatic heterocycles. The SMILES string of the molecule is COc1cc2c(cc1OC)[C@@H]1c3cccc(C)c3CN[C@H]1CC2. The molecule has 4 rings (SSSR count). The Morgan fingerprint density at radius 2 is 1.83 bits per heavy atom. The second-order valence-electron chi connectivity index (χ2n) is 6.55. The Balaban J connectivity index is 1.90. The molecule has 0 aromatic heterocycles. The summed E-state index contributed by atoms with van der Waals surface area (Å²) in [5.74, 6) is 2.06. The van der Waals surface area contributed by atoms with Gasteiger partial charge in [0.05, 0.1) is 14.2 Å². The molecule has 1 N–H and O–H groups in total. The number of ether oxygens (including phenoxy) is 2. The summed E-state index contributed by atoms with van der Waals surface area (Å²) in [4.78, 5) is 0. The Hall–Kier alpha value is -2.00. The van der Waals surface area contributed by atoms with Crippen LogP contribution in [0.3, 0.4) is 0 Å². The van der Waals surface area contributed by atoms with Crippen LogP contribution in [0.2, 0.25) is 0 Å². The van der Waals surface area contributed by atoms with Gasteiger partial charge in [0.25, 0.3) is 0 Å². The van der Waals surface area contributed by atoms with Crippen LogP contribution in [0, 0.1) is 6.92 Å². The van der Waals surface area contributed by atoms with Gasteiger partial charge in [0.15, 0.2) is 11.5 Å². The maximum Gasteiger partial charge on any atom is 0.161 e. The number of hydrogen-bond donors (Lipinski definition) is 1. The lowest BCUT2D eigenvalue weighted by molar-refractivity contribution is 0.348. The van der Waals surface area contributed by atoms with Crippen molar-refractivity contribution in [1.82, 2.24) is 5.32 Å². The standard InChI is InChI=1S/C20H23NO2/c1-12-5-4-6-14-16(12)11-21-17-8-7-13-9-18(22-2)19(23-3)10-15(13)20(14)17/h4-6,9-10,17,20-21H,7-8,11H2,1-3H3/t17-,20-/m0/s1. The number of methoxy groups -OCH3 is 2. The van der Waals surface area contributed by atoms with Crippen LogP contribution < -0.4 is 14.8 Å². The van der Waals surface area contributed by atoms with E-state index in [1.165, 1.54) is 34.2 Å². The summed E-state index contributed by atoms with van der Waals surface area (Å²) in [6.07, 6.45) is 2.26. The van der Waals surface area contributed by atoms with E-state index in [1.54, 1.807) is 14.2 Å². The maximum absolute atomic E-state index is 5.55. The van der Waals surface area contributed by atoms with E-state index in [-0.39, 0.29) is 0 Å². The Morgan fingerprint density at radius 3 is 2.61 bits per heavy atom. The number of fused-ring (bicyclic) bond motifs is 5. The lowest BCUT2D eigenvalue weighted by atomic mass is 9.72. The summed E-state index contributed by atoms with van der Waals surface area (Å²) in [6, 6.07) is 11.5. The smallest absolute Gasteiger partial charge is 0.161 e. The summed E-state index contributed by atoms with van der Waals surface area (Å²) in [6.45, 7) is 3.19. The average Bonchev–Trinajstić information content (AvgIpc) is 2.60. The number of rotatable bonds is 2. The summed E-state index contributed by atoms with van der Waals surface area (Å²) >= 11 is 0. The van der Waals surface area contributed by atoms with Crippen LogP contribution in [0.25, 0.3) is 0 Å². The summed E-state index contributed by atoms with van der Waals surface area (Å²) in [5.41, 5.74) is 7.08. The second-order valence-corrected chi connectivity index (χ2v) is 6.55. The molecule has 3 heteroatoms. The van der Waals surface area contributed by atoms with Gasteiger partial charge in [-0.3, -0.25) is 0 Å².